The van der Waals surface area contributed by atoms with Gasteiger partial charge in [-0.3, -0.25) is 14.5 Å². The molecule has 1 aliphatic heterocycles. The van der Waals surface area contributed by atoms with Gasteiger partial charge in [-0.05, 0) is 54.5 Å². The number of aromatic amines is 1. The lowest BCUT2D eigenvalue weighted by Crippen LogP contribution is -2.34. The number of carbonyl (C=O) groups excluding carboxylic acids is 1. The van der Waals surface area contributed by atoms with E-state index in [1.54, 1.807) is 14.0 Å². The monoisotopic (exact) mass is 456 g/mol. The molecule has 3 aromatic rings. The number of H-pyrrole nitrogens is 1. The van der Waals surface area contributed by atoms with Gasteiger partial charge in [-0.15, -0.1) is 5.10 Å². The maximum Gasteiger partial charge on any atom is 0.327 e. The van der Waals surface area contributed by atoms with Crippen LogP contribution in [0.25, 0.3) is 10.9 Å². The lowest BCUT2D eigenvalue weighted by atomic mass is 10.1. The smallest absolute Gasteiger partial charge is 0.327 e. The number of pyridine rings is 1. The van der Waals surface area contributed by atoms with E-state index in [9.17, 15) is 9.59 Å². The molecule has 1 N–H and O–H groups in total. The number of methoxy groups -OCH3 is 1. The van der Waals surface area contributed by atoms with Crippen molar-refractivity contribution >= 4 is 16.9 Å². The molecule has 1 fully saturated rings. The maximum atomic E-state index is 12.8. The zero-order valence-corrected chi connectivity index (χ0v) is 18.8. The minimum absolute atomic E-state index is 0.0685. The van der Waals surface area contributed by atoms with E-state index >= 15 is 0 Å². The van der Waals surface area contributed by atoms with Gasteiger partial charge in [0.25, 0.3) is 5.56 Å². The van der Waals surface area contributed by atoms with Crippen molar-refractivity contribution in [1.82, 2.24) is 30.1 Å². The molecular formula is C22H28N6O5. The average Bonchev–Trinajstić information content (AvgIpc) is 3.46. The summed E-state index contributed by atoms with van der Waals surface area (Å²) < 4.78 is 17.6. The van der Waals surface area contributed by atoms with Crippen LogP contribution in [0.2, 0.25) is 0 Å². The van der Waals surface area contributed by atoms with E-state index in [-0.39, 0.29) is 24.8 Å². The molecule has 11 nitrogen and oxygen atoms in total. The molecule has 0 aliphatic carbocycles. The number of benzene rings is 1. The van der Waals surface area contributed by atoms with E-state index in [2.05, 4.69) is 25.4 Å². The molecule has 4 rings (SSSR count). The molecule has 0 bridgehead atoms. The summed E-state index contributed by atoms with van der Waals surface area (Å²) in [4.78, 5) is 29.7. The number of aromatic nitrogens is 5. The lowest BCUT2D eigenvalue weighted by molar-refractivity contribution is -0.144. The quantitative estimate of drug-likeness (QED) is 0.449. The molecule has 2 aromatic heterocycles. The van der Waals surface area contributed by atoms with Gasteiger partial charge in [0.15, 0.2) is 5.82 Å². The molecule has 176 valence electrons. The summed E-state index contributed by atoms with van der Waals surface area (Å²) >= 11 is 0. The van der Waals surface area contributed by atoms with E-state index < -0.39 is 5.97 Å². The number of rotatable bonds is 10. The predicted octanol–water partition coefficient (Wildman–Crippen LogP) is 1.27. The summed E-state index contributed by atoms with van der Waals surface area (Å²) in [6, 6.07) is 7.40. The van der Waals surface area contributed by atoms with Crippen molar-refractivity contribution in [3.05, 3.63) is 46.0 Å². The Morgan fingerprint density at radius 1 is 1.33 bits per heavy atom. The van der Waals surface area contributed by atoms with Crippen molar-refractivity contribution in [2.75, 3.05) is 26.9 Å². The van der Waals surface area contributed by atoms with Gasteiger partial charge in [0.1, 0.15) is 12.3 Å². The first-order valence-corrected chi connectivity index (χ1v) is 11.0. The van der Waals surface area contributed by atoms with Crippen LogP contribution in [0.4, 0.5) is 0 Å². The van der Waals surface area contributed by atoms with Gasteiger partial charge in [0.2, 0.25) is 0 Å². The molecule has 1 saturated heterocycles. The second kappa shape index (κ2) is 10.5. The standard InChI is InChI=1S/C22H28N6O5/c1-3-32-21(29)14-28-20(24-25-26-28)13-27(12-18-5-4-8-33-18)11-16-9-15-10-17(31-2)6-7-19(15)23-22(16)30/h6-7,9-10,18H,3-5,8,11-14H2,1-2H3,(H,23,30)/t18-/m1/s1. The van der Waals surface area contributed by atoms with Crippen LogP contribution < -0.4 is 10.3 Å². The molecule has 1 atom stereocenters. The highest BCUT2D eigenvalue weighted by Crippen LogP contribution is 2.20. The van der Waals surface area contributed by atoms with Gasteiger partial charge >= 0.3 is 5.97 Å². The lowest BCUT2D eigenvalue weighted by Gasteiger charge is -2.24. The molecule has 1 aromatic carbocycles. The Hall–Kier alpha value is -3.31. The number of carbonyl (C=O) groups is 1. The molecule has 0 amide bonds. The van der Waals surface area contributed by atoms with Gasteiger partial charge in [-0.1, -0.05) is 0 Å². The van der Waals surface area contributed by atoms with Crippen LogP contribution in [0, 0.1) is 0 Å². The summed E-state index contributed by atoms with van der Waals surface area (Å²) in [6.45, 7) is 4.03. The van der Waals surface area contributed by atoms with Crippen LogP contribution in [-0.2, 0) is 33.9 Å². The molecule has 0 spiro atoms. The number of hydrogen-bond acceptors (Lipinski definition) is 9. The van der Waals surface area contributed by atoms with Crippen LogP contribution in [0.15, 0.2) is 29.1 Å². The number of fused-ring (bicyclic) bond motifs is 1. The number of nitrogens with one attached hydrogen (secondary N) is 1. The summed E-state index contributed by atoms with van der Waals surface area (Å²) in [7, 11) is 1.61. The fraction of sp³-hybridized carbons (Fsp3) is 0.500. The summed E-state index contributed by atoms with van der Waals surface area (Å²) in [5.74, 6) is 0.825. The Balaban J connectivity index is 1.58. The van der Waals surface area contributed by atoms with Crippen LogP contribution >= 0.6 is 0 Å². The number of esters is 1. The Labute approximate surface area is 190 Å². The first-order chi connectivity index (χ1) is 16.1. The highest BCUT2D eigenvalue weighted by molar-refractivity contribution is 5.80. The summed E-state index contributed by atoms with van der Waals surface area (Å²) in [5, 5.41) is 12.6. The van der Waals surface area contributed by atoms with Crippen molar-refractivity contribution in [3.8, 4) is 5.75 Å². The fourth-order valence-corrected chi connectivity index (χ4v) is 3.96. The van der Waals surface area contributed by atoms with E-state index in [1.165, 1.54) is 4.68 Å². The van der Waals surface area contributed by atoms with Crippen LogP contribution in [0.1, 0.15) is 31.2 Å². The molecule has 0 saturated carbocycles. The molecule has 1 aliphatic rings. The number of tetrazole rings is 1. The van der Waals surface area contributed by atoms with E-state index in [1.807, 2.05) is 24.3 Å². The first-order valence-electron chi connectivity index (χ1n) is 11.0. The average molecular weight is 457 g/mol. The number of hydrogen-bond donors (Lipinski definition) is 1. The van der Waals surface area contributed by atoms with Crippen LogP contribution in [0.5, 0.6) is 5.75 Å². The predicted molar refractivity (Wildman–Crippen MR) is 119 cm³/mol. The summed E-state index contributed by atoms with van der Waals surface area (Å²) in [5.41, 5.74) is 1.20. The maximum absolute atomic E-state index is 12.8. The van der Waals surface area contributed by atoms with Crippen molar-refractivity contribution in [2.45, 2.75) is 45.5 Å². The van der Waals surface area contributed by atoms with Gasteiger partial charge in [0.05, 0.1) is 26.4 Å². The molecule has 0 unspecified atom stereocenters. The van der Waals surface area contributed by atoms with E-state index in [4.69, 9.17) is 14.2 Å². The largest absolute Gasteiger partial charge is 0.497 e. The fourth-order valence-electron chi connectivity index (χ4n) is 3.96. The Bertz CT molecular complexity index is 1150. The third kappa shape index (κ3) is 5.74. The zero-order chi connectivity index (χ0) is 23.2. The molecule has 0 radical (unpaired) electrons. The normalized spacial score (nSPS) is 15.9. The highest BCUT2D eigenvalue weighted by atomic mass is 16.5. The topological polar surface area (TPSA) is 124 Å². The SMILES string of the molecule is CCOC(=O)Cn1nnnc1CN(Cc1cc2cc(OC)ccc2[nH]c1=O)C[C@H]1CCCO1. The highest BCUT2D eigenvalue weighted by Gasteiger charge is 2.23. The number of ether oxygens (including phenoxy) is 3. The second-order valence-corrected chi connectivity index (χ2v) is 7.94. The molecular weight excluding hydrogens is 428 g/mol. The van der Waals surface area contributed by atoms with E-state index in [0.29, 0.717) is 31.0 Å². The summed E-state index contributed by atoms with van der Waals surface area (Å²) in [6.07, 6.45) is 2.03. The minimum atomic E-state index is -0.406. The Morgan fingerprint density at radius 2 is 2.21 bits per heavy atom. The third-order valence-corrected chi connectivity index (χ3v) is 5.56. The first kappa shape index (κ1) is 22.9. The van der Waals surface area contributed by atoms with Gasteiger partial charge < -0.3 is 19.2 Å². The van der Waals surface area contributed by atoms with Crippen molar-refractivity contribution in [1.29, 1.82) is 0 Å². The van der Waals surface area contributed by atoms with Gasteiger partial charge in [0, 0.05) is 36.2 Å². The Morgan fingerprint density at radius 3 is 2.97 bits per heavy atom. The molecule has 3 heterocycles. The van der Waals surface area contributed by atoms with Crippen molar-refractivity contribution < 1.29 is 19.0 Å². The molecule has 33 heavy (non-hydrogen) atoms. The van der Waals surface area contributed by atoms with Gasteiger partial charge in [-0.25, -0.2) is 4.68 Å². The number of nitrogens with zero attached hydrogens (tertiary/aromatic N) is 5. The van der Waals surface area contributed by atoms with Crippen LogP contribution in [0.3, 0.4) is 0 Å². The second-order valence-electron chi connectivity index (χ2n) is 7.94. The van der Waals surface area contributed by atoms with Gasteiger partial charge in [-0.2, -0.15) is 0 Å². The van der Waals surface area contributed by atoms with Crippen molar-refractivity contribution in [2.24, 2.45) is 0 Å². The minimum Gasteiger partial charge on any atom is -0.497 e. The van der Waals surface area contributed by atoms with Crippen LogP contribution in [-0.4, -0.2) is 69.0 Å². The third-order valence-electron chi connectivity index (χ3n) is 5.56. The molecule has 11 heteroatoms. The van der Waals surface area contributed by atoms with E-state index in [0.717, 1.165) is 36.1 Å². The zero-order valence-electron chi connectivity index (χ0n) is 18.8. The Kier molecular flexibility index (Phi) is 7.30. The van der Waals surface area contributed by atoms with Crippen molar-refractivity contribution in [3.63, 3.8) is 0 Å².